The van der Waals surface area contributed by atoms with Crippen molar-refractivity contribution < 1.29 is 21.6 Å². The average molecular weight is 480 g/mol. The average Bonchev–Trinajstić information content (AvgIpc) is 2.65. The minimum absolute atomic E-state index is 0.00297. The highest BCUT2D eigenvalue weighted by Crippen LogP contribution is 2.27. The Hall–Kier alpha value is -1.69. The second-order valence-corrected chi connectivity index (χ2v) is 10.3. The van der Waals surface area contributed by atoms with Crippen molar-refractivity contribution >= 4 is 49.2 Å². The van der Waals surface area contributed by atoms with Crippen LogP contribution in [0, 0.1) is 0 Å². The van der Waals surface area contributed by atoms with E-state index in [-0.39, 0.29) is 32.9 Å². The zero-order chi connectivity index (χ0) is 21.8. The van der Waals surface area contributed by atoms with E-state index in [9.17, 15) is 21.6 Å². The van der Waals surface area contributed by atoms with Gasteiger partial charge in [-0.15, -0.1) is 0 Å². The predicted molar refractivity (Wildman–Crippen MR) is 111 cm³/mol. The fraction of sp³-hybridized carbons (Fsp3) is 0.235. The van der Waals surface area contributed by atoms with Gasteiger partial charge in [0.15, 0.2) is 0 Å². The minimum Gasteiger partial charge on any atom is -0.351 e. The van der Waals surface area contributed by atoms with Gasteiger partial charge in [-0.25, -0.2) is 22.0 Å². The summed E-state index contributed by atoms with van der Waals surface area (Å²) in [6.45, 7) is 1.30. The molecule has 29 heavy (non-hydrogen) atoms. The standard InChI is InChI=1S/C17H19Cl2N3O5S2/c1-2-22(29(26,27)16-9-13(18)5-8-15(16)19)11-17(23)21-10-12-3-6-14(7-4-12)28(20,24)25/h3-9H,2,10-11H2,1H3,(H,21,23)(H2,20,24,25). The van der Waals surface area contributed by atoms with Crippen molar-refractivity contribution in [3.8, 4) is 0 Å². The molecule has 8 nitrogen and oxygen atoms in total. The van der Waals surface area contributed by atoms with Gasteiger partial charge < -0.3 is 5.32 Å². The monoisotopic (exact) mass is 479 g/mol. The van der Waals surface area contributed by atoms with Gasteiger partial charge in [0.2, 0.25) is 26.0 Å². The minimum atomic E-state index is -4.03. The van der Waals surface area contributed by atoms with Crippen LogP contribution in [0.1, 0.15) is 12.5 Å². The summed E-state index contributed by atoms with van der Waals surface area (Å²) in [6.07, 6.45) is 0. The summed E-state index contributed by atoms with van der Waals surface area (Å²) in [5.41, 5.74) is 0.620. The molecular formula is C17H19Cl2N3O5S2. The van der Waals surface area contributed by atoms with Gasteiger partial charge in [0.1, 0.15) is 4.90 Å². The molecule has 0 bridgehead atoms. The van der Waals surface area contributed by atoms with Gasteiger partial charge >= 0.3 is 0 Å². The molecular weight excluding hydrogens is 461 g/mol. The molecule has 0 aliphatic heterocycles. The Bertz CT molecular complexity index is 1100. The molecule has 0 saturated heterocycles. The van der Waals surface area contributed by atoms with Crippen LogP contribution in [0.3, 0.4) is 0 Å². The van der Waals surface area contributed by atoms with Gasteiger partial charge in [-0.3, -0.25) is 4.79 Å². The first-order valence-electron chi connectivity index (χ1n) is 8.28. The van der Waals surface area contributed by atoms with E-state index in [0.717, 1.165) is 4.31 Å². The van der Waals surface area contributed by atoms with Crippen LogP contribution in [-0.2, 0) is 31.4 Å². The summed E-state index contributed by atoms with van der Waals surface area (Å²) in [4.78, 5) is 12.0. The number of sulfonamides is 2. The molecule has 2 aromatic carbocycles. The Labute approximate surface area is 179 Å². The second kappa shape index (κ2) is 9.41. The van der Waals surface area contributed by atoms with Crippen molar-refractivity contribution in [1.29, 1.82) is 0 Å². The second-order valence-electron chi connectivity index (χ2n) is 5.97. The molecule has 0 saturated carbocycles. The van der Waals surface area contributed by atoms with E-state index < -0.39 is 32.5 Å². The Morgan fingerprint density at radius 2 is 1.69 bits per heavy atom. The third kappa shape index (κ3) is 6.14. The van der Waals surface area contributed by atoms with E-state index in [2.05, 4.69) is 5.32 Å². The van der Waals surface area contributed by atoms with Crippen LogP contribution in [0.2, 0.25) is 10.0 Å². The van der Waals surface area contributed by atoms with Crippen LogP contribution in [0.25, 0.3) is 0 Å². The van der Waals surface area contributed by atoms with Gasteiger partial charge in [0.25, 0.3) is 0 Å². The first-order valence-corrected chi connectivity index (χ1v) is 12.0. The van der Waals surface area contributed by atoms with E-state index >= 15 is 0 Å². The number of benzene rings is 2. The lowest BCUT2D eigenvalue weighted by atomic mass is 10.2. The highest BCUT2D eigenvalue weighted by atomic mass is 35.5. The molecule has 0 aliphatic carbocycles. The quantitative estimate of drug-likeness (QED) is 0.598. The van der Waals surface area contributed by atoms with Gasteiger partial charge in [-0.05, 0) is 35.9 Å². The first-order chi connectivity index (χ1) is 13.4. The number of nitrogens with two attached hydrogens (primary N) is 1. The Morgan fingerprint density at radius 3 is 2.24 bits per heavy atom. The Kier molecular flexibility index (Phi) is 7.66. The number of halogens is 2. The fourth-order valence-corrected chi connectivity index (χ4v) is 5.05. The molecule has 158 valence electrons. The number of hydrogen-bond donors (Lipinski definition) is 2. The Morgan fingerprint density at radius 1 is 1.07 bits per heavy atom. The van der Waals surface area contributed by atoms with Crippen LogP contribution >= 0.6 is 23.2 Å². The lowest BCUT2D eigenvalue weighted by Crippen LogP contribution is -2.40. The predicted octanol–water partition coefficient (Wildman–Crippen LogP) is 1.97. The van der Waals surface area contributed by atoms with Crippen molar-refractivity contribution in [2.24, 2.45) is 5.14 Å². The zero-order valence-electron chi connectivity index (χ0n) is 15.3. The topological polar surface area (TPSA) is 127 Å². The van der Waals surface area contributed by atoms with Gasteiger partial charge in [0.05, 0.1) is 16.5 Å². The number of carbonyl (C=O) groups excluding carboxylic acids is 1. The van der Waals surface area contributed by atoms with E-state index in [1.54, 1.807) is 6.92 Å². The molecule has 0 heterocycles. The number of hydrogen-bond acceptors (Lipinski definition) is 5. The molecule has 12 heteroatoms. The van der Waals surface area contributed by atoms with Crippen molar-refractivity contribution in [2.75, 3.05) is 13.1 Å². The third-order valence-electron chi connectivity index (χ3n) is 3.93. The summed E-state index contributed by atoms with van der Waals surface area (Å²) in [6, 6.07) is 9.71. The number of rotatable bonds is 8. The van der Waals surface area contributed by atoms with Crippen molar-refractivity contribution in [2.45, 2.75) is 23.3 Å². The number of primary sulfonamides is 1. The summed E-state index contributed by atoms with van der Waals surface area (Å²) in [5.74, 6) is -0.538. The largest absolute Gasteiger partial charge is 0.351 e. The van der Waals surface area contributed by atoms with E-state index in [4.69, 9.17) is 28.3 Å². The lowest BCUT2D eigenvalue weighted by Gasteiger charge is -2.21. The first kappa shape index (κ1) is 23.6. The summed E-state index contributed by atoms with van der Waals surface area (Å²) in [5, 5.41) is 7.82. The van der Waals surface area contributed by atoms with Crippen LogP contribution in [0.5, 0.6) is 0 Å². The molecule has 2 rings (SSSR count). The van der Waals surface area contributed by atoms with E-state index in [0.29, 0.717) is 5.56 Å². The van der Waals surface area contributed by atoms with Crippen LogP contribution in [-0.4, -0.2) is 40.1 Å². The number of nitrogens with zero attached hydrogens (tertiary/aromatic N) is 1. The molecule has 0 spiro atoms. The molecule has 0 aliphatic rings. The molecule has 1 amide bonds. The van der Waals surface area contributed by atoms with Gasteiger partial charge in [-0.1, -0.05) is 42.3 Å². The van der Waals surface area contributed by atoms with Crippen molar-refractivity contribution in [3.63, 3.8) is 0 Å². The maximum atomic E-state index is 12.8. The third-order valence-corrected chi connectivity index (χ3v) is 7.49. The smallest absolute Gasteiger partial charge is 0.245 e. The molecule has 3 N–H and O–H groups in total. The number of amides is 1. The van der Waals surface area contributed by atoms with Crippen LogP contribution in [0.15, 0.2) is 52.3 Å². The SMILES string of the molecule is CCN(CC(=O)NCc1ccc(S(N)(=O)=O)cc1)S(=O)(=O)c1cc(Cl)ccc1Cl. The van der Waals surface area contributed by atoms with E-state index in [1.165, 1.54) is 42.5 Å². The molecule has 2 aromatic rings. The Balaban J connectivity index is 2.07. The van der Waals surface area contributed by atoms with Crippen LogP contribution in [0.4, 0.5) is 0 Å². The molecule has 0 fully saturated rings. The molecule has 0 aromatic heterocycles. The number of likely N-dealkylation sites (N-methyl/N-ethyl adjacent to an activating group) is 1. The molecule has 0 atom stereocenters. The van der Waals surface area contributed by atoms with Crippen LogP contribution < -0.4 is 10.5 Å². The number of carbonyl (C=O) groups is 1. The molecule has 0 unspecified atom stereocenters. The van der Waals surface area contributed by atoms with E-state index in [1.807, 2.05) is 0 Å². The summed E-state index contributed by atoms with van der Waals surface area (Å²) >= 11 is 11.9. The van der Waals surface area contributed by atoms with Gasteiger partial charge in [0, 0.05) is 18.1 Å². The maximum Gasteiger partial charge on any atom is 0.245 e. The lowest BCUT2D eigenvalue weighted by molar-refractivity contribution is -0.121. The molecule has 0 radical (unpaired) electrons. The summed E-state index contributed by atoms with van der Waals surface area (Å²) in [7, 11) is -7.83. The highest BCUT2D eigenvalue weighted by molar-refractivity contribution is 7.89. The normalized spacial score (nSPS) is 12.2. The van der Waals surface area contributed by atoms with Crippen molar-refractivity contribution in [3.05, 3.63) is 58.1 Å². The fourth-order valence-electron chi connectivity index (χ4n) is 2.39. The maximum absolute atomic E-state index is 12.8. The highest BCUT2D eigenvalue weighted by Gasteiger charge is 2.27. The van der Waals surface area contributed by atoms with Crippen molar-refractivity contribution in [1.82, 2.24) is 9.62 Å². The number of nitrogens with one attached hydrogen (secondary N) is 1. The summed E-state index contributed by atoms with van der Waals surface area (Å²) < 4.78 is 49.1. The van der Waals surface area contributed by atoms with Gasteiger partial charge in [-0.2, -0.15) is 4.31 Å². The zero-order valence-corrected chi connectivity index (χ0v) is 18.4.